The molecule has 0 bridgehead atoms. The lowest BCUT2D eigenvalue weighted by atomic mass is 10.3. The van der Waals surface area contributed by atoms with E-state index in [1.54, 1.807) is 10.9 Å². The van der Waals surface area contributed by atoms with Gasteiger partial charge in [-0.3, -0.25) is 9.08 Å². The molecule has 29 heavy (non-hydrogen) atoms. The van der Waals surface area contributed by atoms with E-state index in [9.17, 15) is 0 Å². The minimum absolute atomic E-state index is 0.680. The Labute approximate surface area is 167 Å². The number of anilines is 2. The number of nitrogens with zero attached hydrogens (tertiary/aromatic N) is 5. The molecule has 1 N–H and O–H groups in total. The van der Waals surface area contributed by atoms with Gasteiger partial charge in [-0.1, -0.05) is 18.2 Å². The van der Waals surface area contributed by atoms with Gasteiger partial charge in [0, 0.05) is 36.9 Å². The average Bonchev–Trinajstić information content (AvgIpc) is 3.37. The van der Waals surface area contributed by atoms with Gasteiger partial charge in [0.25, 0.3) is 0 Å². The largest absolute Gasteiger partial charge is 0.457 e. The number of imidazole rings is 1. The number of rotatable bonds is 5. The molecule has 0 saturated carbocycles. The number of hydrogen-bond donors (Lipinski definition) is 1. The lowest BCUT2D eigenvalue weighted by molar-refractivity contribution is 0.483. The summed E-state index contributed by atoms with van der Waals surface area (Å²) < 4.78 is 9.61. The summed E-state index contributed by atoms with van der Waals surface area (Å²) >= 11 is 0. The zero-order valence-electron chi connectivity index (χ0n) is 15.7. The molecule has 7 nitrogen and oxygen atoms in total. The Bertz CT molecular complexity index is 1260. The van der Waals surface area contributed by atoms with E-state index in [1.165, 1.54) is 0 Å². The molecule has 0 aliphatic carbocycles. The number of aryl methyl sites for hydroxylation is 1. The molecule has 7 heteroatoms. The highest BCUT2D eigenvalue weighted by molar-refractivity contribution is 5.74. The molecule has 2 aromatic carbocycles. The van der Waals surface area contributed by atoms with Gasteiger partial charge in [0.05, 0.1) is 18.1 Å². The standard InChI is InChI=1S/C22H18N6O/c1-27-15-16(13-25-27)20-14-24-22-21(23-11-12-28(20)22)26-17-7-9-19(10-8-17)29-18-5-3-2-4-6-18/h2-15H,1H3,(H,23,26). The van der Waals surface area contributed by atoms with E-state index in [1.807, 2.05) is 90.8 Å². The van der Waals surface area contributed by atoms with E-state index in [0.717, 1.165) is 34.1 Å². The Hall–Kier alpha value is -4.13. The van der Waals surface area contributed by atoms with E-state index in [4.69, 9.17) is 4.74 Å². The van der Waals surface area contributed by atoms with Gasteiger partial charge in [0.15, 0.2) is 11.5 Å². The van der Waals surface area contributed by atoms with Crippen molar-refractivity contribution in [2.75, 3.05) is 5.32 Å². The predicted molar refractivity (Wildman–Crippen MR) is 111 cm³/mol. The molecule has 142 valence electrons. The fourth-order valence-electron chi connectivity index (χ4n) is 3.14. The maximum atomic E-state index is 5.84. The Balaban J connectivity index is 1.40. The third-order valence-electron chi connectivity index (χ3n) is 4.52. The van der Waals surface area contributed by atoms with Crippen LogP contribution in [0.1, 0.15) is 0 Å². The average molecular weight is 382 g/mol. The van der Waals surface area contributed by atoms with Crippen LogP contribution in [0.4, 0.5) is 11.5 Å². The number of para-hydroxylation sites is 1. The van der Waals surface area contributed by atoms with Gasteiger partial charge < -0.3 is 10.1 Å². The first-order valence-corrected chi connectivity index (χ1v) is 9.17. The van der Waals surface area contributed by atoms with E-state index in [-0.39, 0.29) is 0 Å². The van der Waals surface area contributed by atoms with Crippen molar-refractivity contribution in [2.45, 2.75) is 0 Å². The summed E-state index contributed by atoms with van der Waals surface area (Å²) in [4.78, 5) is 9.01. The van der Waals surface area contributed by atoms with Crippen LogP contribution in [0, 0.1) is 0 Å². The first kappa shape index (κ1) is 17.0. The Kier molecular flexibility index (Phi) is 4.18. The van der Waals surface area contributed by atoms with Crippen molar-refractivity contribution in [3.8, 4) is 22.8 Å². The zero-order chi connectivity index (χ0) is 19.6. The maximum absolute atomic E-state index is 5.84. The third kappa shape index (κ3) is 3.41. The SMILES string of the molecule is Cn1cc(-c2cnc3c(Nc4ccc(Oc5ccccc5)cc4)nccn23)cn1. The molecule has 3 aromatic heterocycles. The quantitative estimate of drug-likeness (QED) is 0.478. The summed E-state index contributed by atoms with van der Waals surface area (Å²) in [6, 6.07) is 17.4. The Morgan fingerprint density at radius 1 is 0.897 bits per heavy atom. The van der Waals surface area contributed by atoms with Gasteiger partial charge in [-0.25, -0.2) is 9.97 Å². The molecule has 0 aliphatic rings. The molecule has 5 rings (SSSR count). The smallest absolute Gasteiger partial charge is 0.180 e. The number of aromatic nitrogens is 5. The molecule has 0 aliphatic heterocycles. The minimum Gasteiger partial charge on any atom is -0.457 e. The summed E-state index contributed by atoms with van der Waals surface area (Å²) in [6.07, 6.45) is 9.26. The van der Waals surface area contributed by atoms with Crippen LogP contribution < -0.4 is 10.1 Å². The second kappa shape index (κ2) is 7.12. The molecule has 3 heterocycles. The van der Waals surface area contributed by atoms with E-state index in [2.05, 4.69) is 20.4 Å². The second-order valence-corrected chi connectivity index (χ2v) is 6.58. The van der Waals surface area contributed by atoms with Crippen molar-refractivity contribution in [3.63, 3.8) is 0 Å². The summed E-state index contributed by atoms with van der Waals surface area (Å²) in [5.74, 6) is 2.26. The monoisotopic (exact) mass is 382 g/mol. The van der Waals surface area contributed by atoms with Crippen LogP contribution >= 0.6 is 0 Å². The fraction of sp³-hybridized carbons (Fsp3) is 0.0455. The highest BCUT2D eigenvalue weighted by Gasteiger charge is 2.11. The van der Waals surface area contributed by atoms with Crippen molar-refractivity contribution in [3.05, 3.63) is 85.6 Å². The minimum atomic E-state index is 0.680. The number of hydrogen-bond acceptors (Lipinski definition) is 5. The van der Waals surface area contributed by atoms with Crippen LogP contribution in [0.25, 0.3) is 16.9 Å². The van der Waals surface area contributed by atoms with Gasteiger partial charge in [0.1, 0.15) is 11.5 Å². The van der Waals surface area contributed by atoms with E-state index >= 15 is 0 Å². The van der Waals surface area contributed by atoms with E-state index < -0.39 is 0 Å². The first-order valence-electron chi connectivity index (χ1n) is 9.17. The predicted octanol–water partition coefficient (Wildman–Crippen LogP) is 4.67. The molecule has 0 atom stereocenters. The van der Waals surface area contributed by atoms with Crippen LogP contribution in [0.5, 0.6) is 11.5 Å². The van der Waals surface area contributed by atoms with Crippen LogP contribution in [-0.2, 0) is 7.05 Å². The maximum Gasteiger partial charge on any atom is 0.180 e. The van der Waals surface area contributed by atoms with Crippen LogP contribution in [-0.4, -0.2) is 24.1 Å². The van der Waals surface area contributed by atoms with Gasteiger partial charge in [-0.2, -0.15) is 5.10 Å². The normalized spacial score (nSPS) is 10.9. The molecular weight excluding hydrogens is 364 g/mol. The van der Waals surface area contributed by atoms with Crippen molar-refractivity contribution >= 4 is 17.2 Å². The molecule has 0 spiro atoms. The van der Waals surface area contributed by atoms with Crippen molar-refractivity contribution < 1.29 is 4.74 Å². The second-order valence-electron chi connectivity index (χ2n) is 6.58. The lowest BCUT2D eigenvalue weighted by Crippen LogP contribution is -1.98. The van der Waals surface area contributed by atoms with Gasteiger partial charge >= 0.3 is 0 Å². The zero-order valence-corrected chi connectivity index (χ0v) is 15.7. The van der Waals surface area contributed by atoms with Crippen LogP contribution in [0.3, 0.4) is 0 Å². The summed E-state index contributed by atoms with van der Waals surface area (Å²) in [6.45, 7) is 0. The molecule has 0 fully saturated rings. The first-order chi connectivity index (χ1) is 14.3. The highest BCUT2D eigenvalue weighted by Crippen LogP contribution is 2.27. The topological polar surface area (TPSA) is 69.3 Å². The van der Waals surface area contributed by atoms with Crippen molar-refractivity contribution in [1.82, 2.24) is 24.1 Å². The van der Waals surface area contributed by atoms with E-state index in [0.29, 0.717) is 5.82 Å². The van der Waals surface area contributed by atoms with Crippen LogP contribution in [0.15, 0.2) is 85.6 Å². The molecule has 0 amide bonds. The number of benzene rings is 2. The highest BCUT2D eigenvalue weighted by atomic mass is 16.5. The number of ether oxygens (including phenoxy) is 1. The van der Waals surface area contributed by atoms with Crippen molar-refractivity contribution in [2.24, 2.45) is 7.05 Å². The number of fused-ring (bicyclic) bond motifs is 1. The summed E-state index contributed by atoms with van der Waals surface area (Å²) in [5, 5.41) is 7.58. The number of nitrogens with one attached hydrogen (secondary N) is 1. The molecule has 0 unspecified atom stereocenters. The molecular formula is C22H18N6O. The van der Waals surface area contributed by atoms with Gasteiger partial charge in [-0.05, 0) is 36.4 Å². The fourth-order valence-corrected chi connectivity index (χ4v) is 3.14. The summed E-state index contributed by atoms with van der Waals surface area (Å²) in [5.41, 5.74) is 3.61. The third-order valence-corrected chi connectivity index (χ3v) is 4.52. The Morgan fingerprint density at radius 2 is 1.69 bits per heavy atom. The Morgan fingerprint density at radius 3 is 2.45 bits per heavy atom. The molecule has 0 saturated heterocycles. The van der Waals surface area contributed by atoms with Gasteiger partial charge in [-0.15, -0.1) is 0 Å². The summed E-state index contributed by atoms with van der Waals surface area (Å²) in [7, 11) is 1.90. The van der Waals surface area contributed by atoms with Crippen LogP contribution in [0.2, 0.25) is 0 Å². The molecule has 0 radical (unpaired) electrons. The lowest BCUT2D eigenvalue weighted by Gasteiger charge is -2.09. The van der Waals surface area contributed by atoms with Gasteiger partial charge in [0.2, 0.25) is 0 Å². The van der Waals surface area contributed by atoms with Crippen molar-refractivity contribution in [1.29, 1.82) is 0 Å². The molecule has 5 aromatic rings.